The fourth-order valence-electron chi connectivity index (χ4n) is 1.74. The third kappa shape index (κ3) is 6.56. The van der Waals surface area contributed by atoms with Crippen LogP contribution < -0.4 is 11.1 Å². The first-order chi connectivity index (χ1) is 9.42. The highest BCUT2D eigenvalue weighted by molar-refractivity contribution is 5.94. The molecule has 0 aliphatic rings. The molecular formula is C14H19F3N2O. The van der Waals surface area contributed by atoms with Crippen molar-refractivity contribution < 1.29 is 18.0 Å². The number of carbonyl (C=O) groups excluding carboxylic acids is 1. The number of hydrogen-bond acceptors (Lipinski definition) is 2. The maximum atomic E-state index is 11.9. The monoisotopic (exact) mass is 288 g/mol. The average molecular weight is 288 g/mol. The molecule has 0 heterocycles. The maximum Gasteiger partial charge on any atom is 0.389 e. The van der Waals surface area contributed by atoms with E-state index in [1.807, 2.05) is 12.1 Å². The predicted molar refractivity (Wildman–Crippen MR) is 71.4 cm³/mol. The van der Waals surface area contributed by atoms with Gasteiger partial charge in [-0.25, -0.2) is 0 Å². The Morgan fingerprint density at radius 3 is 2.35 bits per heavy atom. The summed E-state index contributed by atoms with van der Waals surface area (Å²) in [5, 5.41) is 2.61. The second-order valence-electron chi connectivity index (χ2n) is 4.56. The van der Waals surface area contributed by atoms with Crippen LogP contribution >= 0.6 is 0 Å². The standard InChI is InChI=1S/C14H19F3N2O/c15-14(16,17)8-1-2-10-19-13(20)12-5-3-11(4-6-12)7-9-18/h3-6H,1-2,7-10,18H2,(H,19,20). The van der Waals surface area contributed by atoms with E-state index < -0.39 is 12.6 Å². The van der Waals surface area contributed by atoms with Crippen LogP contribution in [-0.4, -0.2) is 25.2 Å². The first-order valence-corrected chi connectivity index (χ1v) is 6.56. The highest BCUT2D eigenvalue weighted by atomic mass is 19.4. The Morgan fingerprint density at radius 1 is 1.15 bits per heavy atom. The van der Waals surface area contributed by atoms with Crippen molar-refractivity contribution in [3.05, 3.63) is 35.4 Å². The van der Waals surface area contributed by atoms with Gasteiger partial charge in [-0.15, -0.1) is 0 Å². The van der Waals surface area contributed by atoms with Gasteiger partial charge in [0.15, 0.2) is 0 Å². The van der Waals surface area contributed by atoms with Crippen molar-refractivity contribution in [3.63, 3.8) is 0 Å². The van der Waals surface area contributed by atoms with Gasteiger partial charge in [0.05, 0.1) is 0 Å². The second-order valence-corrected chi connectivity index (χ2v) is 4.56. The van der Waals surface area contributed by atoms with Gasteiger partial charge in [-0.3, -0.25) is 4.79 Å². The van der Waals surface area contributed by atoms with Crippen LogP contribution in [0.4, 0.5) is 13.2 Å². The lowest BCUT2D eigenvalue weighted by Crippen LogP contribution is -2.24. The molecular weight excluding hydrogens is 269 g/mol. The number of nitrogens with two attached hydrogens (primary N) is 1. The molecule has 20 heavy (non-hydrogen) atoms. The molecule has 1 amide bonds. The predicted octanol–water partition coefficient (Wildman–Crippen LogP) is 2.65. The molecule has 1 rings (SSSR count). The molecule has 1 aromatic carbocycles. The van der Waals surface area contributed by atoms with Gasteiger partial charge in [-0.05, 0) is 43.5 Å². The Hall–Kier alpha value is -1.56. The lowest BCUT2D eigenvalue weighted by atomic mass is 10.1. The van der Waals surface area contributed by atoms with Crippen LogP contribution in [0.15, 0.2) is 24.3 Å². The summed E-state index contributed by atoms with van der Waals surface area (Å²) in [7, 11) is 0. The normalized spacial score (nSPS) is 11.4. The zero-order chi connectivity index (χ0) is 15.0. The molecule has 0 aliphatic heterocycles. The van der Waals surface area contributed by atoms with Crippen molar-refractivity contribution in [1.82, 2.24) is 5.32 Å². The minimum atomic E-state index is -4.12. The molecule has 6 heteroatoms. The number of rotatable bonds is 7. The molecule has 0 fully saturated rings. The Morgan fingerprint density at radius 2 is 1.80 bits per heavy atom. The first kappa shape index (κ1) is 16.5. The molecule has 0 spiro atoms. The highest BCUT2D eigenvalue weighted by Crippen LogP contribution is 2.21. The van der Waals surface area contributed by atoms with Crippen LogP contribution in [0, 0.1) is 0 Å². The van der Waals surface area contributed by atoms with Gasteiger partial charge in [0.2, 0.25) is 0 Å². The summed E-state index contributed by atoms with van der Waals surface area (Å²) < 4.78 is 35.7. The third-order valence-corrected chi connectivity index (χ3v) is 2.82. The van der Waals surface area contributed by atoms with Crippen molar-refractivity contribution in [2.45, 2.75) is 31.9 Å². The molecule has 0 aliphatic carbocycles. The molecule has 0 bridgehead atoms. The minimum absolute atomic E-state index is 0.0270. The van der Waals surface area contributed by atoms with Crippen LogP contribution in [0.1, 0.15) is 35.2 Å². The summed E-state index contributed by atoms with van der Waals surface area (Å²) in [6, 6.07) is 7.03. The van der Waals surface area contributed by atoms with Gasteiger partial charge in [0.1, 0.15) is 0 Å². The summed E-state index contributed by atoms with van der Waals surface area (Å²) >= 11 is 0. The van der Waals surface area contributed by atoms with Gasteiger partial charge in [0.25, 0.3) is 5.91 Å². The molecule has 0 saturated heterocycles. The van der Waals surface area contributed by atoms with Crippen LogP contribution in [0.2, 0.25) is 0 Å². The Balaban J connectivity index is 2.28. The largest absolute Gasteiger partial charge is 0.389 e. The van der Waals surface area contributed by atoms with Crippen LogP contribution in [0.25, 0.3) is 0 Å². The van der Waals surface area contributed by atoms with Crippen molar-refractivity contribution in [2.24, 2.45) is 5.73 Å². The SMILES string of the molecule is NCCc1ccc(C(=O)NCCCCC(F)(F)F)cc1. The van der Waals surface area contributed by atoms with E-state index in [0.717, 1.165) is 12.0 Å². The lowest BCUT2D eigenvalue weighted by Gasteiger charge is -2.07. The zero-order valence-corrected chi connectivity index (χ0v) is 11.2. The van der Waals surface area contributed by atoms with Crippen molar-refractivity contribution in [3.8, 4) is 0 Å². The summed E-state index contributed by atoms with van der Waals surface area (Å²) in [6.45, 7) is 0.796. The third-order valence-electron chi connectivity index (χ3n) is 2.82. The molecule has 0 unspecified atom stereocenters. The summed E-state index contributed by atoms with van der Waals surface area (Å²) in [5.74, 6) is -0.267. The van der Waals surface area contributed by atoms with Crippen molar-refractivity contribution in [1.29, 1.82) is 0 Å². The summed E-state index contributed by atoms with van der Waals surface area (Å²) in [5.41, 5.74) is 6.98. The Bertz CT molecular complexity index is 415. The van der Waals surface area contributed by atoms with Gasteiger partial charge in [0, 0.05) is 18.5 Å². The average Bonchev–Trinajstić information content (AvgIpc) is 2.38. The second kappa shape index (κ2) is 7.89. The van der Waals surface area contributed by atoms with E-state index in [4.69, 9.17) is 5.73 Å². The van der Waals surface area contributed by atoms with Crippen molar-refractivity contribution >= 4 is 5.91 Å². The quantitative estimate of drug-likeness (QED) is 0.758. The van der Waals surface area contributed by atoms with E-state index in [-0.39, 0.29) is 18.9 Å². The highest BCUT2D eigenvalue weighted by Gasteiger charge is 2.25. The summed E-state index contributed by atoms with van der Waals surface area (Å²) in [6.07, 6.45) is -3.84. The van der Waals surface area contributed by atoms with Crippen molar-refractivity contribution in [2.75, 3.05) is 13.1 Å². The fraction of sp³-hybridized carbons (Fsp3) is 0.500. The van der Waals surface area contributed by atoms with E-state index in [1.54, 1.807) is 12.1 Å². The number of benzene rings is 1. The molecule has 0 aromatic heterocycles. The molecule has 112 valence electrons. The smallest absolute Gasteiger partial charge is 0.352 e. The van der Waals surface area contributed by atoms with E-state index in [2.05, 4.69) is 5.32 Å². The number of alkyl halides is 3. The molecule has 3 N–H and O–H groups in total. The van der Waals surface area contributed by atoms with E-state index in [1.165, 1.54) is 0 Å². The number of hydrogen-bond donors (Lipinski definition) is 2. The zero-order valence-electron chi connectivity index (χ0n) is 11.2. The fourth-order valence-corrected chi connectivity index (χ4v) is 1.74. The summed E-state index contributed by atoms with van der Waals surface area (Å²) in [4.78, 5) is 11.7. The maximum absolute atomic E-state index is 11.9. The Labute approximate surface area is 116 Å². The van der Waals surface area contributed by atoms with Crippen LogP contribution in [-0.2, 0) is 6.42 Å². The van der Waals surface area contributed by atoms with Gasteiger partial charge in [-0.1, -0.05) is 12.1 Å². The number of carbonyl (C=O) groups is 1. The Kier molecular flexibility index (Phi) is 6.51. The number of amides is 1. The van der Waals surface area contributed by atoms with Gasteiger partial charge >= 0.3 is 6.18 Å². The van der Waals surface area contributed by atoms with E-state index >= 15 is 0 Å². The first-order valence-electron chi connectivity index (χ1n) is 6.56. The molecule has 0 atom stereocenters. The number of nitrogens with one attached hydrogen (secondary N) is 1. The molecule has 3 nitrogen and oxygen atoms in total. The number of halogens is 3. The molecule has 1 aromatic rings. The topological polar surface area (TPSA) is 55.1 Å². The minimum Gasteiger partial charge on any atom is -0.352 e. The van der Waals surface area contributed by atoms with Crippen LogP contribution in [0.5, 0.6) is 0 Å². The van der Waals surface area contributed by atoms with Gasteiger partial charge in [-0.2, -0.15) is 13.2 Å². The van der Waals surface area contributed by atoms with Crippen LogP contribution in [0.3, 0.4) is 0 Å². The number of unbranched alkanes of at least 4 members (excludes halogenated alkanes) is 1. The van der Waals surface area contributed by atoms with E-state index in [0.29, 0.717) is 18.5 Å². The van der Waals surface area contributed by atoms with Gasteiger partial charge < -0.3 is 11.1 Å². The van der Waals surface area contributed by atoms with E-state index in [9.17, 15) is 18.0 Å². The molecule has 0 saturated carbocycles. The lowest BCUT2D eigenvalue weighted by molar-refractivity contribution is -0.135. The molecule has 0 radical (unpaired) electrons.